The number of rotatable bonds is 3. The maximum absolute atomic E-state index is 5.63. The first-order chi connectivity index (χ1) is 5.75. The Bertz CT molecular complexity index is 258. The summed E-state index contributed by atoms with van der Waals surface area (Å²) in [5.74, 6) is 0.742. The van der Waals surface area contributed by atoms with Gasteiger partial charge in [-0.1, -0.05) is 28.1 Å². The molecule has 0 spiro atoms. The van der Waals surface area contributed by atoms with Gasteiger partial charge in [0, 0.05) is 10.4 Å². The van der Waals surface area contributed by atoms with Crippen LogP contribution in [-0.2, 0) is 6.42 Å². The van der Waals surface area contributed by atoms with Crippen LogP contribution in [0.4, 0.5) is 0 Å². The first-order valence-corrected chi connectivity index (χ1v) is 5.38. The van der Waals surface area contributed by atoms with Crippen LogP contribution in [0.1, 0.15) is 17.5 Å². The Labute approximate surface area is 87.1 Å². The number of halogens is 2. The smallest absolute Gasteiger partial charge is 0.0226 e. The van der Waals surface area contributed by atoms with Gasteiger partial charge in [-0.05, 0) is 37.0 Å². The van der Waals surface area contributed by atoms with Gasteiger partial charge in [0.2, 0.25) is 0 Å². The number of aryl methyl sites for hydroxylation is 1. The Balaban J connectivity index is 2.78. The second-order valence-corrected chi connectivity index (χ2v) is 4.05. The fourth-order valence-electron chi connectivity index (χ4n) is 1.18. The molecule has 0 aliphatic rings. The van der Waals surface area contributed by atoms with Crippen LogP contribution in [0.15, 0.2) is 22.7 Å². The Hall–Kier alpha value is -0.0100. The van der Waals surface area contributed by atoms with Gasteiger partial charge in [0.15, 0.2) is 0 Å². The summed E-state index contributed by atoms with van der Waals surface area (Å²) < 4.78 is 1.19. The predicted octanol–water partition coefficient (Wildman–Crippen LogP) is 3.93. The number of hydrogen-bond acceptors (Lipinski definition) is 0. The summed E-state index contributed by atoms with van der Waals surface area (Å²) in [4.78, 5) is 0. The molecular formula is C10H12BrCl. The lowest BCUT2D eigenvalue weighted by Crippen LogP contribution is -1.90. The molecule has 0 aliphatic heterocycles. The summed E-state index contributed by atoms with van der Waals surface area (Å²) in [6, 6.07) is 6.30. The average molecular weight is 248 g/mol. The lowest BCUT2D eigenvalue weighted by molar-refractivity contribution is 0.918. The molecule has 0 unspecified atom stereocenters. The van der Waals surface area contributed by atoms with Crippen molar-refractivity contribution in [2.75, 3.05) is 5.88 Å². The minimum atomic E-state index is 0.742. The highest BCUT2D eigenvalue weighted by Crippen LogP contribution is 2.20. The van der Waals surface area contributed by atoms with Gasteiger partial charge in [-0.25, -0.2) is 0 Å². The number of alkyl halides is 1. The van der Waals surface area contributed by atoms with Crippen molar-refractivity contribution in [3.63, 3.8) is 0 Å². The second kappa shape index (κ2) is 4.88. The standard InChI is InChI=1S/C10H12BrCl/c1-8-9(5-3-7-12)4-2-6-10(8)11/h2,4,6H,3,5,7H2,1H3. The van der Waals surface area contributed by atoms with Crippen molar-refractivity contribution in [2.24, 2.45) is 0 Å². The van der Waals surface area contributed by atoms with E-state index in [1.807, 2.05) is 0 Å². The maximum Gasteiger partial charge on any atom is 0.0226 e. The number of benzene rings is 1. The van der Waals surface area contributed by atoms with E-state index >= 15 is 0 Å². The maximum atomic E-state index is 5.63. The molecule has 0 heterocycles. The fraction of sp³-hybridized carbons (Fsp3) is 0.400. The van der Waals surface area contributed by atoms with Gasteiger partial charge in [-0.15, -0.1) is 11.6 Å². The summed E-state index contributed by atoms with van der Waals surface area (Å²) in [5.41, 5.74) is 2.73. The molecule has 1 aromatic carbocycles. The molecule has 1 aromatic rings. The molecule has 0 saturated heterocycles. The molecule has 0 aromatic heterocycles. The monoisotopic (exact) mass is 246 g/mol. The third kappa shape index (κ3) is 2.49. The molecule has 0 bridgehead atoms. The Morgan fingerprint density at radius 2 is 2.17 bits per heavy atom. The van der Waals surface area contributed by atoms with Gasteiger partial charge in [0.05, 0.1) is 0 Å². The highest BCUT2D eigenvalue weighted by atomic mass is 79.9. The summed E-state index contributed by atoms with van der Waals surface area (Å²) >= 11 is 9.14. The molecule has 0 aliphatic carbocycles. The van der Waals surface area contributed by atoms with Crippen LogP contribution in [0.5, 0.6) is 0 Å². The van der Waals surface area contributed by atoms with Crippen LogP contribution in [0.3, 0.4) is 0 Å². The Kier molecular flexibility index (Phi) is 4.10. The van der Waals surface area contributed by atoms with Gasteiger partial charge in [0.1, 0.15) is 0 Å². The SMILES string of the molecule is Cc1c(Br)cccc1CCCCl. The van der Waals surface area contributed by atoms with Gasteiger partial charge in [-0.3, -0.25) is 0 Å². The largest absolute Gasteiger partial charge is 0.127 e. The quantitative estimate of drug-likeness (QED) is 0.710. The third-order valence-corrected chi connectivity index (χ3v) is 3.09. The van der Waals surface area contributed by atoms with Gasteiger partial charge in [-0.2, -0.15) is 0 Å². The van der Waals surface area contributed by atoms with Crippen LogP contribution >= 0.6 is 27.5 Å². The van der Waals surface area contributed by atoms with Crippen LogP contribution in [0, 0.1) is 6.92 Å². The van der Waals surface area contributed by atoms with Crippen molar-refractivity contribution < 1.29 is 0 Å². The van der Waals surface area contributed by atoms with Gasteiger partial charge >= 0.3 is 0 Å². The lowest BCUT2D eigenvalue weighted by atomic mass is 10.1. The van der Waals surface area contributed by atoms with E-state index in [1.165, 1.54) is 15.6 Å². The summed E-state index contributed by atoms with van der Waals surface area (Å²) in [6.07, 6.45) is 2.13. The predicted molar refractivity (Wildman–Crippen MR) is 57.9 cm³/mol. The van der Waals surface area contributed by atoms with Crippen LogP contribution in [-0.4, -0.2) is 5.88 Å². The molecule has 0 nitrogen and oxygen atoms in total. The minimum absolute atomic E-state index is 0.742. The van der Waals surface area contributed by atoms with Crippen LogP contribution < -0.4 is 0 Å². The van der Waals surface area contributed by atoms with Crippen molar-refractivity contribution in [1.29, 1.82) is 0 Å². The van der Waals surface area contributed by atoms with Crippen molar-refractivity contribution in [3.8, 4) is 0 Å². The van der Waals surface area contributed by atoms with E-state index in [4.69, 9.17) is 11.6 Å². The molecule has 0 N–H and O–H groups in total. The lowest BCUT2D eigenvalue weighted by Gasteiger charge is -2.05. The minimum Gasteiger partial charge on any atom is -0.127 e. The van der Waals surface area contributed by atoms with E-state index in [1.54, 1.807) is 0 Å². The highest BCUT2D eigenvalue weighted by Gasteiger charge is 2.00. The number of hydrogen-bond donors (Lipinski definition) is 0. The molecule has 66 valence electrons. The normalized spacial score (nSPS) is 10.2. The highest BCUT2D eigenvalue weighted by molar-refractivity contribution is 9.10. The molecule has 12 heavy (non-hydrogen) atoms. The molecule has 0 radical (unpaired) electrons. The van der Waals surface area contributed by atoms with Crippen molar-refractivity contribution >= 4 is 27.5 Å². The van der Waals surface area contributed by atoms with Gasteiger partial charge < -0.3 is 0 Å². The first-order valence-electron chi connectivity index (χ1n) is 4.05. The average Bonchev–Trinajstić information content (AvgIpc) is 2.08. The zero-order valence-corrected chi connectivity index (χ0v) is 9.45. The molecule has 0 fully saturated rings. The van der Waals surface area contributed by atoms with E-state index in [0.29, 0.717) is 0 Å². The summed E-state index contributed by atoms with van der Waals surface area (Å²) in [7, 11) is 0. The molecule has 0 amide bonds. The zero-order chi connectivity index (χ0) is 8.97. The van der Waals surface area contributed by atoms with E-state index < -0.39 is 0 Å². The van der Waals surface area contributed by atoms with Crippen molar-refractivity contribution in [2.45, 2.75) is 19.8 Å². The molecule has 0 saturated carbocycles. The topological polar surface area (TPSA) is 0 Å². The Morgan fingerprint density at radius 1 is 1.42 bits per heavy atom. The third-order valence-electron chi connectivity index (χ3n) is 1.96. The molecule has 2 heteroatoms. The van der Waals surface area contributed by atoms with Crippen LogP contribution in [0.2, 0.25) is 0 Å². The van der Waals surface area contributed by atoms with Gasteiger partial charge in [0.25, 0.3) is 0 Å². The molecule has 1 rings (SSSR count). The Morgan fingerprint density at radius 3 is 2.83 bits per heavy atom. The summed E-state index contributed by atoms with van der Waals surface area (Å²) in [6.45, 7) is 2.13. The van der Waals surface area contributed by atoms with E-state index in [2.05, 4.69) is 41.1 Å². The summed E-state index contributed by atoms with van der Waals surface area (Å²) in [5, 5.41) is 0. The fourth-order valence-corrected chi connectivity index (χ4v) is 1.72. The van der Waals surface area contributed by atoms with Crippen LogP contribution in [0.25, 0.3) is 0 Å². The van der Waals surface area contributed by atoms with E-state index in [9.17, 15) is 0 Å². The zero-order valence-electron chi connectivity index (χ0n) is 7.11. The first kappa shape index (κ1) is 10.1. The molecular weight excluding hydrogens is 235 g/mol. The van der Waals surface area contributed by atoms with E-state index in [-0.39, 0.29) is 0 Å². The molecule has 0 atom stereocenters. The second-order valence-electron chi connectivity index (χ2n) is 2.82. The van der Waals surface area contributed by atoms with E-state index in [0.717, 1.165) is 18.7 Å². The van der Waals surface area contributed by atoms with Crippen molar-refractivity contribution in [3.05, 3.63) is 33.8 Å². The van der Waals surface area contributed by atoms with Crippen molar-refractivity contribution in [1.82, 2.24) is 0 Å².